The van der Waals surface area contributed by atoms with Crippen LogP contribution < -0.4 is 10.1 Å². The van der Waals surface area contributed by atoms with Gasteiger partial charge in [-0.25, -0.2) is 0 Å². The molecule has 0 saturated carbocycles. The first kappa shape index (κ1) is 24.6. The molecule has 3 aromatic carbocycles. The number of nitrogens with zero attached hydrogens (tertiary/aromatic N) is 1. The maximum absolute atomic E-state index is 12.8. The summed E-state index contributed by atoms with van der Waals surface area (Å²) in [7, 11) is 0. The highest BCUT2D eigenvalue weighted by molar-refractivity contribution is 8.18. The number of benzene rings is 3. The van der Waals surface area contributed by atoms with Crippen molar-refractivity contribution in [2.75, 3.05) is 11.9 Å². The highest BCUT2D eigenvalue weighted by Gasteiger charge is 2.36. The first-order valence-electron chi connectivity index (χ1n) is 10.9. The Labute approximate surface area is 212 Å². The predicted molar refractivity (Wildman–Crippen MR) is 139 cm³/mol. The van der Waals surface area contributed by atoms with Crippen LogP contribution in [0.2, 0.25) is 5.02 Å². The van der Waals surface area contributed by atoms with Crippen LogP contribution in [0, 0.1) is 13.8 Å². The molecule has 0 unspecified atom stereocenters. The number of hydrogen-bond acceptors (Lipinski definition) is 5. The van der Waals surface area contributed by atoms with E-state index in [4.69, 9.17) is 16.3 Å². The summed E-state index contributed by atoms with van der Waals surface area (Å²) in [5, 5.41) is 2.91. The van der Waals surface area contributed by atoms with Crippen LogP contribution in [0.1, 0.15) is 22.3 Å². The van der Waals surface area contributed by atoms with Gasteiger partial charge in [0.05, 0.1) is 4.91 Å². The van der Waals surface area contributed by atoms with E-state index in [9.17, 15) is 14.4 Å². The van der Waals surface area contributed by atoms with Crippen molar-refractivity contribution in [3.8, 4) is 5.75 Å². The molecule has 1 saturated heterocycles. The van der Waals surface area contributed by atoms with E-state index in [2.05, 4.69) is 5.32 Å². The quantitative estimate of drug-likeness (QED) is 0.385. The Balaban J connectivity index is 1.36. The molecule has 8 heteroatoms. The molecular formula is C27H23ClN2O4S. The number of halogens is 1. The first-order valence-corrected chi connectivity index (χ1v) is 12.1. The lowest BCUT2D eigenvalue weighted by molar-refractivity contribution is -0.127. The third-order valence-electron chi connectivity index (χ3n) is 5.50. The number of amides is 3. The Morgan fingerprint density at radius 2 is 1.77 bits per heavy atom. The molecule has 178 valence electrons. The van der Waals surface area contributed by atoms with E-state index in [1.807, 2.05) is 50.2 Å². The number of rotatable bonds is 7. The topological polar surface area (TPSA) is 75.7 Å². The standard InChI is InChI=1S/C27H23ClN2O4S/c1-17-7-10-21(13-18(17)2)29-25(31)15-30-26(32)24(35-27(30)33)14-19-8-11-22(12-9-19)34-16-20-5-3-4-6-23(20)28/h3-14H,15-16H2,1-2H3,(H,29,31)/b24-14+. The second kappa shape index (κ2) is 10.8. The van der Waals surface area contributed by atoms with Crippen molar-refractivity contribution in [2.45, 2.75) is 20.5 Å². The molecule has 0 bridgehead atoms. The van der Waals surface area contributed by atoms with Crippen LogP contribution in [0.5, 0.6) is 5.75 Å². The largest absolute Gasteiger partial charge is 0.489 e. The molecule has 1 fully saturated rings. The second-order valence-corrected chi connectivity index (χ2v) is 9.46. The Morgan fingerprint density at radius 1 is 1.03 bits per heavy atom. The van der Waals surface area contributed by atoms with Crippen LogP contribution >= 0.6 is 23.4 Å². The summed E-state index contributed by atoms with van der Waals surface area (Å²) in [6, 6.07) is 20.2. The van der Waals surface area contributed by atoms with Crippen LogP contribution in [0.25, 0.3) is 6.08 Å². The number of hydrogen-bond donors (Lipinski definition) is 1. The van der Waals surface area contributed by atoms with Gasteiger partial charge in [0.1, 0.15) is 18.9 Å². The number of carbonyl (C=O) groups excluding carboxylic acids is 3. The highest BCUT2D eigenvalue weighted by atomic mass is 35.5. The van der Waals surface area contributed by atoms with E-state index in [0.29, 0.717) is 23.1 Å². The van der Waals surface area contributed by atoms with E-state index in [0.717, 1.165) is 38.9 Å². The summed E-state index contributed by atoms with van der Waals surface area (Å²) >= 11 is 6.97. The van der Waals surface area contributed by atoms with Crippen molar-refractivity contribution in [3.63, 3.8) is 0 Å². The molecule has 0 atom stereocenters. The van der Waals surface area contributed by atoms with Crippen molar-refractivity contribution >= 4 is 52.2 Å². The Bertz CT molecular complexity index is 1320. The maximum Gasteiger partial charge on any atom is 0.294 e. The van der Waals surface area contributed by atoms with Gasteiger partial charge in [-0.05, 0) is 78.7 Å². The van der Waals surface area contributed by atoms with Crippen molar-refractivity contribution < 1.29 is 19.1 Å². The fourth-order valence-electron chi connectivity index (χ4n) is 3.39. The summed E-state index contributed by atoms with van der Waals surface area (Å²) < 4.78 is 5.78. The third-order valence-corrected chi connectivity index (χ3v) is 6.77. The van der Waals surface area contributed by atoms with Crippen LogP contribution in [0.15, 0.2) is 71.6 Å². The molecule has 6 nitrogen and oxygen atoms in total. The molecule has 35 heavy (non-hydrogen) atoms. The van der Waals surface area contributed by atoms with Gasteiger partial charge < -0.3 is 10.1 Å². The van der Waals surface area contributed by atoms with Crippen molar-refractivity contribution in [1.82, 2.24) is 4.90 Å². The number of aryl methyl sites for hydroxylation is 2. The molecule has 3 amide bonds. The molecule has 1 aliphatic rings. The van der Waals surface area contributed by atoms with E-state index in [1.165, 1.54) is 0 Å². The molecule has 1 N–H and O–H groups in total. The zero-order chi connectivity index (χ0) is 24.9. The van der Waals surface area contributed by atoms with Crippen molar-refractivity contribution in [3.05, 3.63) is 98.9 Å². The fourth-order valence-corrected chi connectivity index (χ4v) is 4.42. The molecule has 0 aromatic heterocycles. The van der Waals surface area contributed by atoms with Gasteiger partial charge in [-0.3, -0.25) is 19.3 Å². The lowest BCUT2D eigenvalue weighted by atomic mass is 10.1. The molecular weight excluding hydrogens is 484 g/mol. The number of ether oxygens (including phenoxy) is 1. The summed E-state index contributed by atoms with van der Waals surface area (Å²) in [5.41, 5.74) is 4.39. The van der Waals surface area contributed by atoms with Crippen molar-refractivity contribution in [2.24, 2.45) is 0 Å². The zero-order valence-corrected chi connectivity index (χ0v) is 20.8. The Kier molecular flexibility index (Phi) is 7.58. The average Bonchev–Trinajstić information content (AvgIpc) is 3.09. The van der Waals surface area contributed by atoms with Crippen molar-refractivity contribution in [1.29, 1.82) is 0 Å². The van der Waals surface area contributed by atoms with Gasteiger partial charge in [0.25, 0.3) is 11.1 Å². The summed E-state index contributed by atoms with van der Waals surface area (Å²) in [4.78, 5) is 38.8. The fraction of sp³-hybridized carbons (Fsp3) is 0.148. The number of carbonyl (C=O) groups is 3. The molecule has 3 aromatic rings. The van der Waals surface area contributed by atoms with Gasteiger partial charge >= 0.3 is 0 Å². The molecule has 0 radical (unpaired) electrons. The summed E-state index contributed by atoms with van der Waals surface area (Å²) in [6.07, 6.45) is 1.63. The van der Waals surface area contributed by atoms with Crippen LogP contribution in [0.4, 0.5) is 10.5 Å². The van der Waals surface area contributed by atoms with E-state index < -0.39 is 17.1 Å². The third kappa shape index (κ3) is 6.12. The van der Waals surface area contributed by atoms with Gasteiger partial charge in [-0.1, -0.05) is 48.0 Å². The average molecular weight is 507 g/mol. The lowest BCUT2D eigenvalue weighted by Gasteiger charge is -2.13. The lowest BCUT2D eigenvalue weighted by Crippen LogP contribution is -2.36. The Hall–Kier alpha value is -3.55. The maximum atomic E-state index is 12.8. The minimum Gasteiger partial charge on any atom is -0.489 e. The SMILES string of the molecule is Cc1ccc(NC(=O)CN2C(=O)S/C(=C/c3ccc(OCc4ccccc4Cl)cc3)C2=O)cc1C. The van der Waals surface area contributed by atoms with Gasteiger partial charge in [0.15, 0.2) is 0 Å². The van der Waals surface area contributed by atoms with E-state index in [1.54, 1.807) is 36.4 Å². The number of anilines is 1. The predicted octanol–water partition coefficient (Wildman–Crippen LogP) is 6.21. The minimum absolute atomic E-state index is 0.263. The molecule has 0 aliphatic carbocycles. The number of nitrogens with one attached hydrogen (secondary N) is 1. The normalized spacial score (nSPS) is 14.5. The summed E-state index contributed by atoms with van der Waals surface area (Å²) in [5.74, 6) is -0.274. The van der Waals surface area contributed by atoms with Crippen LogP contribution in [0.3, 0.4) is 0 Å². The van der Waals surface area contributed by atoms with Gasteiger partial charge in [0.2, 0.25) is 5.91 Å². The minimum atomic E-state index is -0.491. The summed E-state index contributed by atoms with van der Waals surface area (Å²) in [6.45, 7) is 3.92. The van der Waals surface area contributed by atoms with Gasteiger partial charge in [-0.15, -0.1) is 0 Å². The Morgan fingerprint density at radius 3 is 2.49 bits per heavy atom. The zero-order valence-electron chi connectivity index (χ0n) is 19.2. The molecule has 0 spiro atoms. The number of thioether (sulfide) groups is 1. The van der Waals surface area contributed by atoms with Crippen LogP contribution in [-0.2, 0) is 16.2 Å². The second-order valence-electron chi connectivity index (χ2n) is 8.06. The van der Waals surface area contributed by atoms with Gasteiger partial charge in [-0.2, -0.15) is 0 Å². The van der Waals surface area contributed by atoms with E-state index in [-0.39, 0.29) is 11.4 Å². The first-order chi connectivity index (χ1) is 16.8. The highest BCUT2D eigenvalue weighted by Crippen LogP contribution is 2.32. The number of imide groups is 1. The monoisotopic (exact) mass is 506 g/mol. The smallest absolute Gasteiger partial charge is 0.294 e. The van der Waals surface area contributed by atoms with Crippen LogP contribution in [-0.4, -0.2) is 28.5 Å². The molecule has 4 rings (SSSR count). The molecule has 1 aliphatic heterocycles. The van der Waals surface area contributed by atoms with Gasteiger partial charge in [0, 0.05) is 16.3 Å². The molecule has 1 heterocycles. The van der Waals surface area contributed by atoms with E-state index >= 15 is 0 Å².